The fraction of sp³-hybridized carbons (Fsp3) is 0.357. The second-order valence-electron chi connectivity index (χ2n) is 9.71. The molecule has 38 heavy (non-hydrogen) atoms. The van der Waals surface area contributed by atoms with Crippen molar-refractivity contribution >= 4 is 35.2 Å². The molecule has 0 aliphatic rings. The number of rotatable bonds is 6. The zero-order valence-corrected chi connectivity index (χ0v) is 23.6. The van der Waals surface area contributed by atoms with Crippen molar-refractivity contribution in [3.8, 4) is 0 Å². The Balaban J connectivity index is 0.000000676. The monoisotopic (exact) mass is 522 g/mol. The Bertz CT molecular complexity index is 969. The van der Waals surface area contributed by atoms with Gasteiger partial charge in [-0.3, -0.25) is 32.3 Å². The van der Waals surface area contributed by atoms with Gasteiger partial charge in [-0.15, -0.1) is 13.2 Å². The number of anilines is 2. The Morgan fingerprint density at radius 1 is 0.632 bits per heavy atom. The quantitative estimate of drug-likeness (QED) is 0.140. The first-order valence-electron chi connectivity index (χ1n) is 12.3. The van der Waals surface area contributed by atoms with Gasteiger partial charge in [-0.1, -0.05) is 65.8 Å². The minimum Gasteiger partial charge on any atom is -0.370 e. The molecule has 0 radical (unpaired) electrons. The molecule has 0 fully saturated rings. The minimum absolute atomic E-state index is 0.00926. The van der Waals surface area contributed by atoms with E-state index in [1.807, 2.05) is 48.5 Å². The minimum atomic E-state index is -0.253. The maximum Gasteiger partial charge on any atom is 0.199 e. The molecule has 0 saturated carbocycles. The van der Waals surface area contributed by atoms with Crippen LogP contribution in [0.3, 0.4) is 0 Å². The van der Waals surface area contributed by atoms with Crippen molar-refractivity contribution in [1.29, 1.82) is 21.6 Å². The summed E-state index contributed by atoms with van der Waals surface area (Å²) in [6, 6.07) is 15.9. The Kier molecular flexibility index (Phi) is 13.9. The fourth-order valence-corrected chi connectivity index (χ4v) is 3.04. The molecular formula is C28H46N10. The van der Waals surface area contributed by atoms with Gasteiger partial charge in [-0.2, -0.15) is 0 Å². The third kappa shape index (κ3) is 12.1. The van der Waals surface area contributed by atoms with Gasteiger partial charge in [0.05, 0.1) is 0 Å². The summed E-state index contributed by atoms with van der Waals surface area (Å²) in [7, 11) is 0. The molecule has 0 atom stereocenters. The van der Waals surface area contributed by atoms with Crippen LogP contribution in [0.1, 0.15) is 65.5 Å². The first-order valence-corrected chi connectivity index (χ1v) is 12.3. The summed E-state index contributed by atoms with van der Waals surface area (Å²) >= 11 is 0. The summed E-state index contributed by atoms with van der Waals surface area (Å²) < 4.78 is 0. The van der Waals surface area contributed by atoms with E-state index in [1.54, 1.807) is 0 Å². The molecule has 0 spiro atoms. The van der Waals surface area contributed by atoms with Gasteiger partial charge < -0.3 is 22.1 Å². The summed E-state index contributed by atoms with van der Waals surface area (Å²) in [4.78, 5) is 0. The van der Waals surface area contributed by atoms with Gasteiger partial charge in [0.25, 0.3) is 0 Å². The van der Waals surface area contributed by atoms with Crippen LogP contribution in [0, 0.1) is 21.6 Å². The Morgan fingerprint density at radius 2 is 0.895 bits per heavy atom. The zero-order valence-electron chi connectivity index (χ0n) is 23.6. The van der Waals surface area contributed by atoms with E-state index < -0.39 is 0 Å². The van der Waals surface area contributed by atoms with E-state index >= 15 is 0 Å². The molecule has 12 N–H and O–H groups in total. The largest absolute Gasteiger partial charge is 0.370 e. The number of benzene rings is 2. The van der Waals surface area contributed by atoms with Crippen molar-refractivity contribution in [2.75, 3.05) is 10.6 Å². The molecule has 10 heteroatoms. The Labute approximate surface area is 227 Å². The summed E-state index contributed by atoms with van der Waals surface area (Å²) in [5, 5.41) is 39.5. The van der Waals surface area contributed by atoms with Crippen LogP contribution in [0.2, 0.25) is 0 Å². The van der Waals surface area contributed by atoms with Gasteiger partial charge in [-0.25, -0.2) is 0 Å². The van der Waals surface area contributed by atoms with Crippen molar-refractivity contribution in [2.24, 2.45) is 11.5 Å². The SMILES string of the molecule is C=C.CCC(C)(C)c1ccc(NC(=N)NC(=N)N)cc1.CCC(C)(C)c1ccc(NC(=N)NC(=N)N)cc1. The lowest BCUT2D eigenvalue weighted by Gasteiger charge is -2.23. The van der Waals surface area contributed by atoms with Crippen LogP contribution in [0.4, 0.5) is 11.4 Å². The highest BCUT2D eigenvalue weighted by molar-refractivity contribution is 6.02. The van der Waals surface area contributed by atoms with Crippen LogP contribution < -0.4 is 32.7 Å². The molecule has 0 aromatic heterocycles. The molecule has 0 heterocycles. The van der Waals surface area contributed by atoms with Crippen LogP contribution in [-0.2, 0) is 10.8 Å². The highest BCUT2D eigenvalue weighted by Gasteiger charge is 2.18. The van der Waals surface area contributed by atoms with Crippen LogP contribution in [0.5, 0.6) is 0 Å². The number of hydrogen-bond acceptors (Lipinski definition) is 4. The number of nitrogens with one attached hydrogen (secondary N) is 8. The van der Waals surface area contributed by atoms with Crippen LogP contribution in [0.15, 0.2) is 61.7 Å². The molecule has 208 valence electrons. The van der Waals surface area contributed by atoms with Gasteiger partial charge >= 0.3 is 0 Å². The van der Waals surface area contributed by atoms with Crippen LogP contribution in [-0.4, -0.2) is 23.8 Å². The average Bonchev–Trinajstić information content (AvgIpc) is 2.85. The van der Waals surface area contributed by atoms with Crippen molar-refractivity contribution < 1.29 is 0 Å². The van der Waals surface area contributed by atoms with E-state index in [4.69, 9.17) is 33.1 Å². The van der Waals surface area contributed by atoms with E-state index in [2.05, 4.69) is 76.0 Å². The molecule has 2 aromatic rings. The summed E-state index contributed by atoms with van der Waals surface area (Å²) in [6.07, 6.45) is 2.14. The molecule has 2 rings (SSSR count). The lowest BCUT2D eigenvalue weighted by molar-refractivity contribution is 0.506. The average molecular weight is 523 g/mol. The predicted octanol–water partition coefficient (Wildman–Crippen LogP) is 5.21. The molecule has 0 unspecified atom stereocenters. The van der Waals surface area contributed by atoms with Crippen molar-refractivity contribution in [3.63, 3.8) is 0 Å². The Morgan fingerprint density at radius 3 is 1.11 bits per heavy atom. The molecule has 0 amide bonds. The lowest BCUT2D eigenvalue weighted by atomic mass is 9.82. The van der Waals surface area contributed by atoms with E-state index in [9.17, 15) is 0 Å². The van der Waals surface area contributed by atoms with E-state index in [-0.39, 0.29) is 34.7 Å². The highest BCUT2D eigenvalue weighted by Crippen LogP contribution is 2.28. The molecule has 10 nitrogen and oxygen atoms in total. The van der Waals surface area contributed by atoms with E-state index in [0.29, 0.717) is 0 Å². The molecule has 0 aliphatic carbocycles. The Hall–Kier alpha value is -4.34. The standard InChI is InChI=1S/2C13H21N5.C2H4/c2*1-4-13(2,3)9-5-7-10(8-6-9)17-12(16)18-11(14)15;1-2/h2*5-8H,4H2,1-3H3,(H6,14,15,16,17,18);1-2H2. The van der Waals surface area contributed by atoms with Crippen molar-refractivity contribution in [3.05, 3.63) is 72.8 Å². The normalized spacial score (nSPS) is 10.4. The molecule has 0 bridgehead atoms. The fourth-order valence-electron chi connectivity index (χ4n) is 3.04. The molecule has 0 aliphatic heterocycles. The predicted molar refractivity (Wildman–Crippen MR) is 164 cm³/mol. The van der Waals surface area contributed by atoms with Crippen LogP contribution >= 0.6 is 0 Å². The number of hydrogen-bond donors (Lipinski definition) is 10. The third-order valence-corrected chi connectivity index (χ3v) is 6.16. The smallest absolute Gasteiger partial charge is 0.199 e. The van der Waals surface area contributed by atoms with Gasteiger partial charge in [-0.05, 0) is 59.1 Å². The van der Waals surface area contributed by atoms with Crippen molar-refractivity contribution in [1.82, 2.24) is 10.6 Å². The van der Waals surface area contributed by atoms with Gasteiger partial charge in [0.1, 0.15) is 0 Å². The molecular weight excluding hydrogens is 476 g/mol. The first kappa shape index (κ1) is 33.7. The second kappa shape index (κ2) is 15.7. The van der Waals surface area contributed by atoms with Crippen LogP contribution in [0.25, 0.3) is 0 Å². The summed E-state index contributed by atoms with van der Waals surface area (Å²) in [5.41, 5.74) is 14.7. The summed E-state index contributed by atoms with van der Waals surface area (Å²) in [6.45, 7) is 19.1. The van der Waals surface area contributed by atoms with E-state index in [0.717, 1.165) is 24.2 Å². The first-order chi connectivity index (χ1) is 17.7. The maximum atomic E-state index is 7.53. The van der Waals surface area contributed by atoms with Crippen molar-refractivity contribution in [2.45, 2.75) is 65.2 Å². The second-order valence-corrected chi connectivity index (χ2v) is 9.71. The zero-order chi connectivity index (χ0) is 29.5. The van der Waals surface area contributed by atoms with Gasteiger partial charge in [0, 0.05) is 11.4 Å². The molecule has 2 aromatic carbocycles. The topological polar surface area (TPSA) is 196 Å². The highest BCUT2D eigenvalue weighted by atomic mass is 15.2. The lowest BCUT2D eigenvalue weighted by Crippen LogP contribution is -2.39. The maximum absolute atomic E-state index is 7.53. The third-order valence-electron chi connectivity index (χ3n) is 6.16. The van der Waals surface area contributed by atoms with E-state index in [1.165, 1.54) is 11.1 Å². The molecule has 0 saturated heterocycles. The van der Waals surface area contributed by atoms with Gasteiger partial charge in [0.2, 0.25) is 0 Å². The number of guanidine groups is 4. The number of nitrogens with two attached hydrogens (primary N) is 2. The summed E-state index contributed by atoms with van der Waals surface area (Å²) in [5.74, 6) is -0.525. The van der Waals surface area contributed by atoms with Gasteiger partial charge in [0.15, 0.2) is 23.8 Å².